The average Bonchev–Trinajstić information content (AvgIpc) is 3.78. The molecule has 0 unspecified atom stereocenters. The van der Waals surface area contributed by atoms with Crippen molar-refractivity contribution in [1.82, 2.24) is 19.5 Å². The maximum absolute atomic E-state index is 5.38. The number of hydrogen-bond acceptors (Lipinski definition) is 1. The first kappa shape index (κ1) is 29.8. The van der Waals surface area contributed by atoms with Crippen LogP contribution >= 0.6 is 0 Å². The number of hydrogen-bond donors (Lipinski definition) is 2. The molecule has 7 rings (SSSR count). The van der Waals surface area contributed by atoms with Crippen LogP contribution in [0.4, 0.5) is 0 Å². The lowest BCUT2D eigenvalue weighted by Crippen LogP contribution is -2.34. The van der Waals surface area contributed by atoms with E-state index in [4.69, 9.17) is 4.98 Å². The van der Waals surface area contributed by atoms with Crippen LogP contribution in [0.2, 0.25) is 0 Å². The Morgan fingerprint density at radius 3 is 1.96 bits per heavy atom. The van der Waals surface area contributed by atoms with Gasteiger partial charge in [-0.25, -0.2) is 9.97 Å². The van der Waals surface area contributed by atoms with E-state index in [-0.39, 0.29) is 5.41 Å². The van der Waals surface area contributed by atoms with Crippen molar-refractivity contribution in [2.24, 2.45) is 0 Å². The zero-order chi connectivity index (χ0) is 32.2. The number of nitrogens with zero attached hydrogens (tertiary/aromatic N) is 3. The highest BCUT2D eigenvalue weighted by Crippen LogP contribution is 2.34. The van der Waals surface area contributed by atoms with Crippen molar-refractivity contribution in [3.63, 3.8) is 0 Å². The zero-order valence-electron chi connectivity index (χ0n) is 28.0. The average molecular weight is 607 g/mol. The van der Waals surface area contributed by atoms with Crippen LogP contribution < -0.4 is 4.57 Å². The lowest BCUT2D eigenvalue weighted by molar-refractivity contribution is -0.583. The molecule has 0 aliphatic rings. The van der Waals surface area contributed by atoms with Crippen molar-refractivity contribution in [3.05, 3.63) is 131 Å². The van der Waals surface area contributed by atoms with Gasteiger partial charge in [0.25, 0.3) is 0 Å². The molecule has 5 heteroatoms. The molecular formula is C41H44N5+. The molecule has 0 saturated heterocycles. The smallest absolute Gasteiger partial charge is 0.308 e. The summed E-state index contributed by atoms with van der Waals surface area (Å²) in [6.45, 7) is 16.0. The molecule has 0 bridgehead atoms. The third kappa shape index (κ3) is 5.24. The summed E-state index contributed by atoms with van der Waals surface area (Å²) in [7, 11) is 0. The van der Waals surface area contributed by atoms with Crippen molar-refractivity contribution < 1.29 is 4.57 Å². The third-order valence-electron chi connectivity index (χ3n) is 9.15. The van der Waals surface area contributed by atoms with Crippen LogP contribution in [-0.2, 0) is 11.8 Å². The lowest BCUT2D eigenvalue weighted by Gasteiger charge is -2.21. The second-order valence-electron chi connectivity index (χ2n) is 14.2. The van der Waals surface area contributed by atoms with Crippen molar-refractivity contribution in [2.75, 3.05) is 0 Å². The zero-order valence-corrected chi connectivity index (χ0v) is 28.0. The summed E-state index contributed by atoms with van der Waals surface area (Å²) >= 11 is 0. The maximum atomic E-state index is 5.38. The Morgan fingerprint density at radius 2 is 1.39 bits per heavy atom. The van der Waals surface area contributed by atoms with Gasteiger partial charge in [0.05, 0.1) is 23.1 Å². The summed E-state index contributed by atoms with van der Waals surface area (Å²) in [5.41, 5.74) is 10.7. The number of rotatable bonds is 7. The number of H-pyrrole nitrogens is 2. The maximum Gasteiger partial charge on any atom is 0.308 e. The van der Waals surface area contributed by atoms with Gasteiger partial charge in [-0.2, -0.15) is 4.57 Å². The molecule has 0 fully saturated rings. The van der Waals surface area contributed by atoms with E-state index in [9.17, 15) is 0 Å². The van der Waals surface area contributed by atoms with Gasteiger partial charge in [-0.15, -0.1) is 0 Å². The number of benzene rings is 3. The molecule has 0 spiro atoms. The van der Waals surface area contributed by atoms with Gasteiger partial charge in [-0.3, -0.25) is 4.57 Å². The molecule has 5 nitrogen and oxygen atoms in total. The van der Waals surface area contributed by atoms with E-state index >= 15 is 0 Å². The van der Waals surface area contributed by atoms with Gasteiger partial charge in [-0.1, -0.05) is 103 Å². The first-order valence-corrected chi connectivity index (χ1v) is 16.5. The van der Waals surface area contributed by atoms with Crippen LogP contribution in [-0.4, -0.2) is 19.5 Å². The standard InChI is InChI=1S/C41H43N5/c1-26(2)31-16-12-17-32(27(3)4)39(31)45-25-30(44-40(45)35-18-13-21-42-35)24-29-22-28(41(5,6)7)23-38(43-29)46-36-19-10-8-14-33(36)34-15-9-11-20-37(34)46/h8-23,25-27H,24H2,1-7H3,(H,42,44)/p+1. The molecule has 0 atom stereocenters. The molecule has 0 saturated carbocycles. The third-order valence-corrected chi connectivity index (χ3v) is 9.15. The van der Waals surface area contributed by atoms with Crippen LogP contribution in [0, 0.1) is 0 Å². The molecule has 0 radical (unpaired) electrons. The highest BCUT2D eigenvalue weighted by Gasteiger charge is 2.27. The van der Waals surface area contributed by atoms with Gasteiger partial charge < -0.3 is 4.98 Å². The Balaban J connectivity index is 1.42. The Morgan fingerprint density at radius 1 is 0.761 bits per heavy atom. The Labute approximate surface area is 272 Å². The summed E-state index contributed by atoms with van der Waals surface area (Å²) in [6, 6.07) is 32.8. The molecule has 2 N–H and O–H groups in total. The first-order valence-electron chi connectivity index (χ1n) is 16.5. The molecular weight excluding hydrogens is 562 g/mol. The van der Waals surface area contributed by atoms with Crippen molar-refractivity contribution in [3.8, 4) is 23.0 Å². The van der Waals surface area contributed by atoms with Gasteiger partial charge in [0.1, 0.15) is 29.1 Å². The summed E-state index contributed by atoms with van der Waals surface area (Å²) in [4.78, 5) is 12.7. The van der Waals surface area contributed by atoms with Crippen LogP contribution in [0.25, 0.3) is 44.8 Å². The SMILES string of the molecule is CC(C)c1cccc(C(C)C)c1-[n+]1cc(Cc2cc(C(C)(C)C)cc(-n3c4ccccc4c4ccccc43)n2)[nH]c1-c1ccc[nH]1. The number of aromatic nitrogens is 5. The van der Waals surface area contributed by atoms with E-state index in [1.165, 1.54) is 44.2 Å². The van der Waals surface area contributed by atoms with Crippen LogP contribution in [0.1, 0.15) is 88.4 Å². The Hall–Kier alpha value is -4.90. The summed E-state index contributed by atoms with van der Waals surface area (Å²) < 4.78 is 4.70. The normalized spacial score (nSPS) is 12.3. The van der Waals surface area contributed by atoms with E-state index in [0.717, 1.165) is 28.7 Å². The highest BCUT2D eigenvalue weighted by atomic mass is 15.1. The fourth-order valence-electron chi connectivity index (χ4n) is 6.77. The second kappa shape index (κ2) is 11.5. The number of nitrogens with one attached hydrogen (secondary N) is 2. The van der Waals surface area contributed by atoms with Gasteiger partial charge in [0, 0.05) is 28.1 Å². The van der Waals surface area contributed by atoms with Crippen LogP contribution in [0.3, 0.4) is 0 Å². The number of para-hydroxylation sites is 3. The van der Waals surface area contributed by atoms with Gasteiger partial charge >= 0.3 is 5.82 Å². The topological polar surface area (TPSA) is 53.3 Å². The predicted octanol–water partition coefficient (Wildman–Crippen LogP) is 9.91. The minimum absolute atomic E-state index is 0.0430. The van der Waals surface area contributed by atoms with Crippen LogP contribution in [0.5, 0.6) is 0 Å². The van der Waals surface area contributed by atoms with Crippen molar-refractivity contribution >= 4 is 21.8 Å². The van der Waals surface area contributed by atoms with E-state index < -0.39 is 0 Å². The monoisotopic (exact) mass is 606 g/mol. The molecule has 4 heterocycles. The Kier molecular flexibility index (Phi) is 7.43. The van der Waals surface area contributed by atoms with E-state index in [0.29, 0.717) is 18.3 Å². The summed E-state index contributed by atoms with van der Waals surface area (Å²) in [6.07, 6.45) is 4.95. The van der Waals surface area contributed by atoms with E-state index in [1.54, 1.807) is 0 Å². The quantitative estimate of drug-likeness (QED) is 0.174. The molecule has 0 amide bonds. The highest BCUT2D eigenvalue weighted by molar-refractivity contribution is 6.09. The molecule has 0 aliphatic heterocycles. The molecule has 4 aromatic heterocycles. The second-order valence-corrected chi connectivity index (χ2v) is 14.2. The van der Waals surface area contributed by atoms with Gasteiger partial charge in [-0.05, 0) is 59.2 Å². The first-order chi connectivity index (χ1) is 22.1. The molecule has 7 aromatic rings. The Bertz CT molecular complexity index is 2090. The number of imidazole rings is 1. The van der Waals surface area contributed by atoms with Crippen LogP contribution in [0.15, 0.2) is 103 Å². The minimum atomic E-state index is -0.0430. The van der Waals surface area contributed by atoms with E-state index in [1.807, 2.05) is 6.20 Å². The fraction of sp³-hybridized carbons (Fsp3) is 0.268. The number of fused-ring (bicyclic) bond motifs is 3. The van der Waals surface area contributed by atoms with Crippen molar-refractivity contribution in [2.45, 2.75) is 72.1 Å². The fourth-order valence-corrected chi connectivity index (χ4v) is 6.77. The minimum Gasteiger partial charge on any atom is -0.355 e. The number of aromatic amines is 2. The van der Waals surface area contributed by atoms with E-state index in [2.05, 4.69) is 165 Å². The molecule has 46 heavy (non-hydrogen) atoms. The van der Waals surface area contributed by atoms with Gasteiger partial charge in [0.2, 0.25) is 0 Å². The summed E-state index contributed by atoms with van der Waals surface area (Å²) in [5, 5.41) is 2.49. The largest absolute Gasteiger partial charge is 0.355 e. The number of pyridine rings is 1. The lowest BCUT2D eigenvalue weighted by atomic mass is 9.87. The van der Waals surface area contributed by atoms with Crippen molar-refractivity contribution in [1.29, 1.82) is 0 Å². The summed E-state index contributed by atoms with van der Waals surface area (Å²) in [5.74, 6) is 2.77. The van der Waals surface area contributed by atoms with Gasteiger partial charge in [0.15, 0.2) is 0 Å². The molecule has 232 valence electrons. The molecule has 3 aromatic carbocycles. The molecule has 0 aliphatic carbocycles. The predicted molar refractivity (Wildman–Crippen MR) is 190 cm³/mol.